The van der Waals surface area contributed by atoms with Gasteiger partial charge in [-0.2, -0.15) is 0 Å². The third kappa shape index (κ3) is 4.82. The third-order valence-corrected chi connectivity index (χ3v) is 9.59. The Morgan fingerprint density at radius 3 is 1.26 bits per heavy atom. The summed E-state index contributed by atoms with van der Waals surface area (Å²) < 4.78 is 27.2. The van der Waals surface area contributed by atoms with E-state index in [2.05, 4.69) is 10.2 Å². The highest BCUT2D eigenvalue weighted by Gasteiger charge is 2.27. The second-order valence-corrected chi connectivity index (χ2v) is 12.4. The molecule has 4 nitrogen and oxygen atoms in total. The molecule has 4 rings (SSSR count). The van der Waals surface area contributed by atoms with Gasteiger partial charge in [0.05, 0.1) is 0 Å². The first-order valence-corrected chi connectivity index (χ1v) is 13.8. The molecule has 0 saturated carbocycles. The van der Waals surface area contributed by atoms with E-state index in [1.165, 1.54) is 0 Å². The lowest BCUT2D eigenvalue weighted by Gasteiger charge is -2.22. The van der Waals surface area contributed by atoms with Crippen molar-refractivity contribution in [2.24, 2.45) is 0 Å². The Morgan fingerprint density at radius 1 is 0.484 bits per heavy atom. The molecule has 0 fully saturated rings. The molecule has 156 valence electrons. The van der Waals surface area contributed by atoms with E-state index in [-0.39, 0.29) is 0 Å². The van der Waals surface area contributed by atoms with E-state index in [1.807, 2.05) is 115 Å². The van der Waals surface area contributed by atoms with Crippen LogP contribution in [-0.4, -0.2) is 6.66 Å². The van der Waals surface area contributed by atoms with E-state index >= 15 is 0 Å². The van der Waals surface area contributed by atoms with Crippen LogP contribution in [0, 0.1) is 0 Å². The van der Waals surface area contributed by atoms with E-state index < -0.39 is 14.6 Å². The zero-order valence-electron chi connectivity index (χ0n) is 17.2. The standard InChI is InChI=1S/C25H24N2O2P2/c1-30(28,23-11-5-2-6-12-23)26-21-17-19-22(20-18-21)27-31(29,24-13-7-3-8-14-24)25-15-9-4-10-16-25/h2-20H,1H3,(H,26,28)(H,27,29)/t30-/m0/s1. The van der Waals surface area contributed by atoms with Gasteiger partial charge < -0.3 is 10.2 Å². The molecular formula is C25H24N2O2P2. The van der Waals surface area contributed by atoms with Crippen LogP contribution in [0.3, 0.4) is 0 Å². The van der Waals surface area contributed by atoms with Crippen molar-refractivity contribution in [1.82, 2.24) is 0 Å². The summed E-state index contributed by atoms with van der Waals surface area (Å²) in [6.07, 6.45) is 0. The van der Waals surface area contributed by atoms with Crippen LogP contribution in [0.1, 0.15) is 0 Å². The predicted molar refractivity (Wildman–Crippen MR) is 133 cm³/mol. The van der Waals surface area contributed by atoms with E-state index in [1.54, 1.807) is 6.66 Å². The minimum absolute atomic E-state index is 0.729. The van der Waals surface area contributed by atoms with Gasteiger partial charge in [0.1, 0.15) is 0 Å². The lowest BCUT2D eigenvalue weighted by Crippen LogP contribution is -2.21. The van der Waals surface area contributed by atoms with Crippen LogP contribution in [0.4, 0.5) is 11.4 Å². The van der Waals surface area contributed by atoms with Crippen molar-refractivity contribution >= 4 is 41.9 Å². The third-order valence-electron chi connectivity index (χ3n) is 5.00. The second-order valence-electron chi connectivity index (χ2n) is 7.34. The summed E-state index contributed by atoms with van der Waals surface area (Å²) in [4.78, 5) is 0. The first-order valence-electron chi connectivity index (χ1n) is 9.98. The van der Waals surface area contributed by atoms with E-state index in [4.69, 9.17) is 0 Å². The summed E-state index contributed by atoms with van der Waals surface area (Å²) in [7, 11) is -5.82. The lowest BCUT2D eigenvalue weighted by molar-refractivity contribution is 0.587. The van der Waals surface area contributed by atoms with Crippen LogP contribution >= 0.6 is 14.6 Å². The summed E-state index contributed by atoms with van der Waals surface area (Å²) >= 11 is 0. The molecule has 0 aliphatic carbocycles. The number of hydrogen-bond acceptors (Lipinski definition) is 2. The van der Waals surface area contributed by atoms with E-state index in [9.17, 15) is 9.13 Å². The fourth-order valence-electron chi connectivity index (χ4n) is 3.38. The van der Waals surface area contributed by atoms with E-state index in [0.29, 0.717) is 0 Å². The van der Waals surface area contributed by atoms with Crippen molar-refractivity contribution in [3.05, 3.63) is 115 Å². The summed E-state index contributed by atoms with van der Waals surface area (Å²) in [6, 6.07) is 35.7. The summed E-state index contributed by atoms with van der Waals surface area (Å²) in [6.45, 7) is 1.72. The molecule has 31 heavy (non-hydrogen) atoms. The number of benzene rings is 4. The van der Waals surface area contributed by atoms with Crippen molar-refractivity contribution in [3.63, 3.8) is 0 Å². The zero-order chi connectivity index (χ0) is 21.7. The fourth-order valence-corrected chi connectivity index (χ4v) is 7.14. The molecule has 0 radical (unpaired) electrons. The van der Waals surface area contributed by atoms with Gasteiger partial charge in [0.25, 0.3) is 0 Å². The Morgan fingerprint density at radius 2 is 0.839 bits per heavy atom. The maximum absolute atomic E-state index is 14.1. The van der Waals surface area contributed by atoms with Crippen LogP contribution in [0.5, 0.6) is 0 Å². The lowest BCUT2D eigenvalue weighted by atomic mass is 10.3. The maximum atomic E-state index is 14.1. The van der Waals surface area contributed by atoms with Gasteiger partial charge in [-0.05, 0) is 60.7 Å². The molecule has 0 unspecified atom stereocenters. The maximum Gasteiger partial charge on any atom is 0.227 e. The molecule has 4 aromatic rings. The predicted octanol–water partition coefficient (Wildman–Crippen LogP) is 5.67. The number of rotatable bonds is 7. The Bertz CT molecular complexity index is 1190. The van der Waals surface area contributed by atoms with Gasteiger partial charge in [0.15, 0.2) is 7.29 Å². The zero-order valence-corrected chi connectivity index (χ0v) is 19.0. The molecule has 0 spiro atoms. The fraction of sp³-hybridized carbons (Fsp3) is 0.0400. The molecule has 1 atom stereocenters. The summed E-state index contributed by atoms with van der Waals surface area (Å²) in [5, 5.41) is 8.67. The topological polar surface area (TPSA) is 58.2 Å². The van der Waals surface area contributed by atoms with Gasteiger partial charge in [0, 0.05) is 34.0 Å². The number of nitrogens with one attached hydrogen (secondary N) is 2. The van der Waals surface area contributed by atoms with E-state index in [0.717, 1.165) is 27.3 Å². The van der Waals surface area contributed by atoms with Gasteiger partial charge in [-0.15, -0.1) is 0 Å². The molecule has 0 saturated heterocycles. The smallest absolute Gasteiger partial charge is 0.227 e. The van der Waals surface area contributed by atoms with Crippen LogP contribution < -0.4 is 26.1 Å². The minimum Gasteiger partial charge on any atom is -0.333 e. The van der Waals surface area contributed by atoms with Crippen LogP contribution in [0.15, 0.2) is 115 Å². The highest BCUT2D eigenvalue weighted by atomic mass is 31.2. The Hall–Kier alpha value is -3.06. The quantitative estimate of drug-likeness (QED) is 0.359. The van der Waals surface area contributed by atoms with Gasteiger partial charge in [-0.25, -0.2) is 0 Å². The number of hydrogen-bond donors (Lipinski definition) is 2. The first kappa shape index (κ1) is 21.2. The van der Waals surface area contributed by atoms with Crippen molar-refractivity contribution in [3.8, 4) is 0 Å². The summed E-state index contributed by atoms with van der Waals surface area (Å²) in [5.74, 6) is 0. The normalized spacial score (nSPS) is 13.2. The van der Waals surface area contributed by atoms with Crippen molar-refractivity contribution in [2.75, 3.05) is 16.8 Å². The molecule has 0 bridgehead atoms. The average molecular weight is 446 g/mol. The molecule has 0 heterocycles. The second kappa shape index (κ2) is 8.98. The number of anilines is 2. The monoisotopic (exact) mass is 446 g/mol. The van der Waals surface area contributed by atoms with Gasteiger partial charge in [0.2, 0.25) is 7.29 Å². The molecule has 4 aromatic carbocycles. The Labute approximate surface area is 183 Å². The highest BCUT2D eigenvalue weighted by molar-refractivity contribution is 7.80. The van der Waals surface area contributed by atoms with Crippen molar-refractivity contribution in [1.29, 1.82) is 0 Å². The average Bonchev–Trinajstić information content (AvgIpc) is 2.82. The molecular weight excluding hydrogens is 422 g/mol. The van der Waals surface area contributed by atoms with Crippen LogP contribution in [0.25, 0.3) is 0 Å². The molecule has 6 heteroatoms. The molecule has 2 N–H and O–H groups in total. The molecule has 0 amide bonds. The summed E-state index contributed by atoms with van der Waals surface area (Å²) in [5.41, 5.74) is 1.47. The largest absolute Gasteiger partial charge is 0.333 e. The van der Waals surface area contributed by atoms with Gasteiger partial charge >= 0.3 is 0 Å². The van der Waals surface area contributed by atoms with Crippen molar-refractivity contribution in [2.45, 2.75) is 0 Å². The SMILES string of the molecule is C[P@@](=O)(Nc1ccc(NP(=O)(c2ccccc2)c2ccccc2)cc1)c1ccccc1. The highest BCUT2D eigenvalue weighted by Crippen LogP contribution is 2.44. The molecule has 0 aliphatic heterocycles. The van der Waals surface area contributed by atoms with Gasteiger partial charge in [-0.3, -0.25) is 9.13 Å². The Balaban J connectivity index is 1.60. The van der Waals surface area contributed by atoms with Crippen LogP contribution in [0.2, 0.25) is 0 Å². The minimum atomic E-state index is -3.08. The first-order chi connectivity index (χ1) is 15.0. The molecule has 0 aliphatic rings. The Kier molecular flexibility index (Phi) is 6.13. The van der Waals surface area contributed by atoms with Crippen molar-refractivity contribution < 1.29 is 9.13 Å². The molecule has 0 aromatic heterocycles. The van der Waals surface area contributed by atoms with Gasteiger partial charge in [-0.1, -0.05) is 54.6 Å². The van der Waals surface area contributed by atoms with Crippen LogP contribution in [-0.2, 0) is 9.13 Å².